The standard InChI is InChI=1S/C7H7NO2.C7H9N/c1-5-4-6(7(9)10)2-3-8-5;1-6-3-4-8-7(2)5-6/h2-4H,1H3,(H,9,10);3-5H,1-2H3. The van der Waals surface area contributed by atoms with Gasteiger partial charge in [-0.1, -0.05) is 0 Å². The van der Waals surface area contributed by atoms with Gasteiger partial charge in [0, 0.05) is 23.8 Å². The lowest BCUT2D eigenvalue weighted by molar-refractivity contribution is 0.0696. The minimum absolute atomic E-state index is 0.285. The normalized spacial score (nSPS) is 9.28. The molecule has 0 aliphatic carbocycles. The molecular weight excluding hydrogens is 228 g/mol. The largest absolute Gasteiger partial charge is 0.478 e. The van der Waals surface area contributed by atoms with E-state index in [1.807, 2.05) is 19.2 Å². The topological polar surface area (TPSA) is 63.1 Å². The number of pyridine rings is 2. The number of carboxylic acid groups (broad SMARTS) is 1. The van der Waals surface area contributed by atoms with Crippen molar-refractivity contribution < 1.29 is 9.90 Å². The Bertz CT molecular complexity index is 522. The molecule has 0 aromatic carbocycles. The third-order valence-corrected chi connectivity index (χ3v) is 2.20. The highest BCUT2D eigenvalue weighted by molar-refractivity contribution is 5.87. The number of nitrogens with zero attached hydrogens (tertiary/aromatic N) is 2. The lowest BCUT2D eigenvalue weighted by Gasteiger charge is -1.92. The molecule has 2 heterocycles. The van der Waals surface area contributed by atoms with Crippen LogP contribution in [0.4, 0.5) is 0 Å². The highest BCUT2D eigenvalue weighted by atomic mass is 16.4. The molecule has 0 bridgehead atoms. The van der Waals surface area contributed by atoms with Gasteiger partial charge in [0.1, 0.15) is 0 Å². The smallest absolute Gasteiger partial charge is 0.335 e. The molecule has 0 aliphatic heterocycles. The molecule has 1 N–H and O–H groups in total. The van der Waals surface area contributed by atoms with E-state index in [4.69, 9.17) is 5.11 Å². The molecule has 4 heteroatoms. The highest BCUT2D eigenvalue weighted by Crippen LogP contribution is 1.99. The summed E-state index contributed by atoms with van der Waals surface area (Å²) in [6.07, 6.45) is 3.31. The third-order valence-electron chi connectivity index (χ3n) is 2.20. The maximum absolute atomic E-state index is 10.3. The minimum atomic E-state index is -0.912. The predicted molar refractivity (Wildman–Crippen MR) is 69.6 cm³/mol. The summed E-state index contributed by atoms with van der Waals surface area (Å²) in [6.45, 7) is 5.81. The Morgan fingerprint density at radius 3 is 1.89 bits per heavy atom. The molecule has 0 saturated heterocycles. The first-order chi connectivity index (χ1) is 8.49. The number of carbonyl (C=O) groups is 1. The molecule has 2 rings (SSSR count). The Labute approximate surface area is 106 Å². The second kappa shape index (κ2) is 6.49. The second-order valence-corrected chi connectivity index (χ2v) is 3.97. The quantitative estimate of drug-likeness (QED) is 0.837. The minimum Gasteiger partial charge on any atom is -0.478 e. The lowest BCUT2D eigenvalue weighted by Crippen LogP contribution is -1.96. The van der Waals surface area contributed by atoms with Crippen molar-refractivity contribution in [1.82, 2.24) is 9.97 Å². The molecule has 0 aliphatic rings. The molecule has 0 saturated carbocycles. The molecule has 0 unspecified atom stereocenters. The zero-order valence-corrected chi connectivity index (χ0v) is 10.7. The van der Waals surface area contributed by atoms with Crippen molar-refractivity contribution >= 4 is 5.97 Å². The van der Waals surface area contributed by atoms with Gasteiger partial charge in [0.25, 0.3) is 0 Å². The summed E-state index contributed by atoms with van der Waals surface area (Å²) in [7, 11) is 0. The van der Waals surface area contributed by atoms with Crippen LogP contribution in [0.3, 0.4) is 0 Å². The molecule has 0 radical (unpaired) electrons. The van der Waals surface area contributed by atoms with Crippen LogP contribution in [-0.4, -0.2) is 21.0 Å². The maximum Gasteiger partial charge on any atom is 0.335 e. The maximum atomic E-state index is 10.3. The van der Waals surface area contributed by atoms with Crippen LogP contribution in [0, 0.1) is 20.8 Å². The zero-order chi connectivity index (χ0) is 13.5. The molecule has 0 fully saturated rings. The van der Waals surface area contributed by atoms with E-state index < -0.39 is 5.97 Å². The van der Waals surface area contributed by atoms with Gasteiger partial charge in [0.15, 0.2) is 0 Å². The van der Waals surface area contributed by atoms with Crippen LogP contribution < -0.4 is 0 Å². The first kappa shape index (κ1) is 13.8. The van der Waals surface area contributed by atoms with Crippen molar-refractivity contribution in [3.63, 3.8) is 0 Å². The van der Waals surface area contributed by atoms with Crippen LogP contribution in [0.15, 0.2) is 36.7 Å². The van der Waals surface area contributed by atoms with Crippen LogP contribution in [0.2, 0.25) is 0 Å². The Morgan fingerprint density at radius 2 is 1.56 bits per heavy atom. The Balaban J connectivity index is 0.000000184. The number of rotatable bonds is 1. The predicted octanol–water partition coefficient (Wildman–Crippen LogP) is 2.79. The highest BCUT2D eigenvalue weighted by Gasteiger charge is 2.00. The van der Waals surface area contributed by atoms with E-state index in [0.717, 1.165) is 11.4 Å². The number of hydrogen-bond acceptors (Lipinski definition) is 3. The van der Waals surface area contributed by atoms with Crippen molar-refractivity contribution in [2.75, 3.05) is 0 Å². The lowest BCUT2D eigenvalue weighted by atomic mass is 10.2. The second-order valence-electron chi connectivity index (χ2n) is 3.97. The van der Waals surface area contributed by atoms with Gasteiger partial charge in [-0.05, 0) is 50.6 Å². The van der Waals surface area contributed by atoms with Gasteiger partial charge < -0.3 is 5.11 Å². The monoisotopic (exact) mass is 244 g/mol. The molecule has 94 valence electrons. The molecule has 0 amide bonds. The summed E-state index contributed by atoms with van der Waals surface area (Å²) in [5.41, 5.74) is 3.37. The summed E-state index contributed by atoms with van der Waals surface area (Å²) >= 11 is 0. The molecule has 2 aromatic rings. The number of aromatic nitrogens is 2. The summed E-state index contributed by atoms with van der Waals surface area (Å²) < 4.78 is 0. The van der Waals surface area contributed by atoms with Crippen molar-refractivity contribution in [2.45, 2.75) is 20.8 Å². The van der Waals surface area contributed by atoms with Crippen LogP contribution >= 0.6 is 0 Å². The fourth-order valence-corrected chi connectivity index (χ4v) is 1.37. The fourth-order valence-electron chi connectivity index (χ4n) is 1.37. The average Bonchev–Trinajstić information content (AvgIpc) is 2.29. The van der Waals surface area contributed by atoms with Crippen molar-refractivity contribution in [1.29, 1.82) is 0 Å². The molecule has 2 aromatic heterocycles. The van der Waals surface area contributed by atoms with Crippen molar-refractivity contribution in [2.24, 2.45) is 0 Å². The number of aryl methyl sites for hydroxylation is 3. The Hall–Kier alpha value is -2.23. The summed E-state index contributed by atoms with van der Waals surface area (Å²) in [6, 6.07) is 7.05. The van der Waals surface area contributed by atoms with Crippen LogP contribution in [-0.2, 0) is 0 Å². The first-order valence-electron chi connectivity index (χ1n) is 5.54. The summed E-state index contributed by atoms with van der Waals surface area (Å²) in [5, 5.41) is 8.48. The number of hydrogen-bond donors (Lipinski definition) is 1. The molecule has 18 heavy (non-hydrogen) atoms. The van der Waals surface area contributed by atoms with E-state index in [9.17, 15) is 4.79 Å². The average molecular weight is 244 g/mol. The van der Waals surface area contributed by atoms with Gasteiger partial charge >= 0.3 is 5.97 Å². The number of carboxylic acids is 1. The summed E-state index contributed by atoms with van der Waals surface area (Å²) in [4.78, 5) is 18.2. The zero-order valence-electron chi connectivity index (χ0n) is 10.7. The molecule has 0 atom stereocenters. The van der Waals surface area contributed by atoms with E-state index in [-0.39, 0.29) is 5.56 Å². The van der Waals surface area contributed by atoms with Crippen LogP contribution in [0.1, 0.15) is 27.3 Å². The van der Waals surface area contributed by atoms with E-state index in [2.05, 4.69) is 23.0 Å². The van der Waals surface area contributed by atoms with E-state index in [1.165, 1.54) is 23.9 Å². The summed E-state index contributed by atoms with van der Waals surface area (Å²) in [5.74, 6) is -0.912. The van der Waals surface area contributed by atoms with Gasteiger partial charge in [-0.25, -0.2) is 4.79 Å². The van der Waals surface area contributed by atoms with E-state index in [1.54, 1.807) is 6.92 Å². The first-order valence-corrected chi connectivity index (χ1v) is 5.54. The van der Waals surface area contributed by atoms with Crippen molar-refractivity contribution in [3.8, 4) is 0 Å². The van der Waals surface area contributed by atoms with Gasteiger partial charge in [-0.15, -0.1) is 0 Å². The van der Waals surface area contributed by atoms with E-state index >= 15 is 0 Å². The fraction of sp³-hybridized carbons (Fsp3) is 0.214. The van der Waals surface area contributed by atoms with Gasteiger partial charge in [-0.3, -0.25) is 9.97 Å². The Morgan fingerprint density at radius 1 is 1.00 bits per heavy atom. The van der Waals surface area contributed by atoms with Gasteiger partial charge in [0.05, 0.1) is 5.56 Å². The number of aromatic carboxylic acids is 1. The molecule has 0 spiro atoms. The van der Waals surface area contributed by atoms with Gasteiger partial charge in [0.2, 0.25) is 0 Å². The van der Waals surface area contributed by atoms with Gasteiger partial charge in [-0.2, -0.15) is 0 Å². The van der Waals surface area contributed by atoms with E-state index in [0.29, 0.717) is 0 Å². The van der Waals surface area contributed by atoms with Crippen LogP contribution in [0.5, 0.6) is 0 Å². The SMILES string of the molecule is Cc1cc(C(=O)O)ccn1.Cc1ccnc(C)c1. The van der Waals surface area contributed by atoms with Crippen molar-refractivity contribution in [3.05, 3.63) is 59.2 Å². The third kappa shape index (κ3) is 4.74. The molecule has 4 nitrogen and oxygen atoms in total. The molecular formula is C14H16N2O2. The Kier molecular flexibility index (Phi) is 4.99. The van der Waals surface area contributed by atoms with Crippen LogP contribution in [0.25, 0.3) is 0 Å².